The quantitative estimate of drug-likeness (QED) is 0.840. The van der Waals surface area contributed by atoms with Gasteiger partial charge in [0, 0.05) is 4.47 Å². The number of rotatable bonds is 3. The van der Waals surface area contributed by atoms with Crippen LogP contribution in [0.3, 0.4) is 0 Å². The summed E-state index contributed by atoms with van der Waals surface area (Å²) >= 11 is 3.46. The molecule has 2 nitrogen and oxygen atoms in total. The number of anilines is 1. The van der Waals surface area contributed by atoms with Gasteiger partial charge in [0.05, 0.1) is 5.69 Å². The van der Waals surface area contributed by atoms with Gasteiger partial charge in [-0.3, -0.25) is 0 Å². The van der Waals surface area contributed by atoms with Crippen molar-refractivity contribution in [2.45, 2.75) is 45.1 Å². The number of hydrogen-bond acceptors (Lipinski definition) is 2. The van der Waals surface area contributed by atoms with Gasteiger partial charge < -0.3 is 10.5 Å². The molecule has 2 atom stereocenters. The van der Waals surface area contributed by atoms with Crippen LogP contribution in [0.15, 0.2) is 22.7 Å². The van der Waals surface area contributed by atoms with E-state index in [1.807, 2.05) is 18.2 Å². The summed E-state index contributed by atoms with van der Waals surface area (Å²) in [4.78, 5) is 0. The molecule has 2 N–H and O–H groups in total. The Morgan fingerprint density at radius 1 is 1.35 bits per heavy atom. The molecule has 0 spiro atoms. The molecule has 0 aromatic heterocycles. The van der Waals surface area contributed by atoms with Gasteiger partial charge in [0.2, 0.25) is 0 Å². The Bertz CT molecular complexity index is 380. The second-order valence-corrected chi connectivity index (χ2v) is 5.71. The van der Waals surface area contributed by atoms with Gasteiger partial charge in [-0.1, -0.05) is 29.3 Å². The first kappa shape index (κ1) is 12.7. The fourth-order valence-electron chi connectivity index (χ4n) is 2.57. The van der Waals surface area contributed by atoms with E-state index in [1.54, 1.807) is 0 Å². The first-order valence-corrected chi connectivity index (χ1v) is 7.21. The molecule has 1 aliphatic rings. The Labute approximate surface area is 112 Å². The first-order chi connectivity index (χ1) is 8.20. The summed E-state index contributed by atoms with van der Waals surface area (Å²) in [5.41, 5.74) is 6.68. The highest BCUT2D eigenvalue weighted by Gasteiger charge is 2.25. The second-order valence-electron chi connectivity index (χ2n) is 4.79. The van der Waals surface area contributed by atoms with Crippen LogP contribution in [0, 0.1) is 5.92 Å². The summed E-state index contributed by atoms with van der Waals surface area (Å²) in [5.74, 6) is 1.51. The van der Waals surface area contributed by atoms with E-state index in [0.717, 1.165) is 22.3 Å². The topological polar surface area (TPSA) is 35.2 Å². The maximum absolute atomic E-state index is 6.12. The number of nitrogens with two attached hydrogens (primary N) is 1. The molecule has 2 unspecified atom stereocenters. The normalized spacial score (nSPS) is 24.6. The average molecular weight is 298 g/mol. The SMILES string of the molecule is CCC1CCCCC1Oc1cc(Br)ccc1N. The molecule has 0 heterocycles. The van der Waals surface area contributed by atoms with Gasteiger partial charge in [-0.05, 0) is 49.8 Å². The van der Waals surface area contributed by atoms with E-state index in [9.17, 15) is 0 Å². The zero-order valence-corrected chi connectivity index (χ0v) is 11.9. The van der Waals surface area contributed by atoms with Gasteiger partial charge >= 0.3 is 0 Å². The van der Waals surface area contributed by atoms with Gasteiger partial charge in [-0.15, -0.1) is 0 Å². The number of nitrogen functional groups attached to an aromatic ring is 1. The molecule has 94 valence electrons. The number of hydrogen-bond donors (Lipinski definition) is 1. The van der Waals surface area contributed by atoms with Crippen molar-refractivity contribution in [1.29, 1.82) is 0 Å². The van der Waals surface area contributed by atoms with Crippen LogP contribution in [0.2, 0.25) is 0 Å². The van der Waals surface area contributed by atoms with Crippen LogP contribution in [-0.4, -0.2) is 6.10 Å². The number of halogens is 1. The Kier molecular flexibility index (Phi) is 4.32. The molecule has 0 radical (unpaired) electrons. The highest BCUT2D eigenvalue weighted by molar-refractivity contribution is 9.10. The van der Waals surface area contributed by atoms with Crippen LogP contribution in [0.5, 0.6) is 5.75 Å². The lowest BCUT2D eigenvalue weighted by atomic mass is 9.85. The number of benzene rings is 1. The van der Waals surface area contributed by atoms with Crippen molar-refractivity contribution in [1.82, 2.24) is 0 Å². The summed E-state index contributed by atoms with van der Waals surface area (Å²) in [6.07, 6.45) is 6.59. The molecule has 3 heteroatoms. The summed E-state index contributed by atoms with van der Waals surface area (Å²) in [6.45, 7) is 2.25. The minimum atomic E-state index is 0.338. The standard InChI is InChI=1S/C14H20BrNO/c1-2-10-5-3-4-6-13(10)17-14-9-11(15)7-8-12(14)16/h7-10,13H,2-6,16H2,1H3. The second kappa shape index (κ2) is 5.76. The lowest BCUT2D eigenvalue weighted by Gasteiger charge is -2.31. The third-order valence-corrected chi connectivity index (χ3v) is 4.11. The largest absolute Gasteiger partial charge is 0.488 e. The van der Waals surface area contributed by atoms with Crippen LogP contribution < -0.4 is 10.5 Å². The maximum atomic E-state index is 6.12. The predicted octanol–water partition coefficient (Wildman–Crippen LogP) is 4.38. The van der Waals surface area contributed by atoms with E-state index in [0.29, 0.717) is 12.0 Å². The van der Waals surface area contributed by atoms with E-state index in [2.05, 4.69) is 22.9 Å². The predicted molar refractivity (Wildman–Crippen MR) is 75.2 cm³/mol. The number of ether oxygens (including phenoxy) is 1. The highest BCUT2D eigenvalue weighted by Crippen LogP contribution is 2.33. The average Bonchev–Trinajstić information content (AvgIpc) is 2.34. The Hall–Kier alpha value is -0.700. The Morgan fingerprint density at radius 2 is 2.12 bits per heavy atom. The van der Waals surface area contributed by atoms with Crippen LogP contribution >= 0.6 is 15.9 Å². The van der Waals surface area contributed by atoms with E-state index < -0.39 is 0 Å². The van der Waals surface area contributed by atoms with E-state index >= 15 is 0 Å². The molecular formula is C14H20BrNO. The minimum absolute atomic E-state index is 0.338. The first-order valence-electron chi connectivity index (χ1n) is 6.42. The van der Waals surface area contributed by atoms with E-state index in [1.165, 1.54) is 25.7 Å². The van der Waals surface area contributed by atoms with Crippen molar-refractivity contribution in [3.8, 4) is 5.75 Å². The summed E-state index contributed by atoms with van der Waals surface area (Å²) in [6, 6.07) is 5.81. The fraction of sp³-hybridized carbons (Fsp3) is 0.571. The van der Waals surface area contributed by atoms with Crippen LogP contribution in [0.4, 0.5) is 5.69 Å². The molecule has 17 heavy (non-hydrogen) atoms. The summed E-state index contributed by atoms with van der Waals surface area (Å²) in [5, 5.41) is 0. The minimum Gasteiger partial charge on any atom is -0.488 e. The highest BCUT2D eigenvalue weighted by atomic mass is 79.9. The molecule has 1 saturated carbocycles. The third-order valence-electron chi connectivity index (χ3n) is 3.62. The zero-order chi connectivity index (χ0) is 12.3. The van der Waals surface area contributed by atoms with Crippen LogP contribution in [-0.2, 0) is 0 Å². The fourth-order valence-corrected chi connectivity index (χ4v) is 2.91. The molecular weight excluding hydrogens is 278 g/mol. The van der Waals surface area contributed by atoms with Crippen LogP contribution in [0.1, 0.15) is 39.0 Å². The molecule has 1 aliphatic carbocycles. The Balaban J connectivity index is 2.10. The van der Waals surface area contributed by atoms with Crippen molar-refractivity contribution < 1.29 is 4.74 Å². The Morgan fingerprint density at radius 3 is 2.88 bits per heavy atom. The van der Waals surface area contributed by atoms with Crippen molar-refractivity contribution in [2.24, 2.45) is 5.92 Å². The maximum Gasteiger partial charge on any atom is 0.143 e. The van der Waals surface area contributed by atoms with Crippen molar-refractivity contribution in [3.63, 3.8) is 0 Å². The van der Waals surface area contributed by atoms with Crippen molar-refractivity contribution in [2.75, 3.05) is 5.73 Å². The molecule has 0 saturated heterocycles. The van der Waals surface area contributed by atoms with Crippen molar-refractivity contribution >= 4 is 21.6 Å². The van der Waals surface area contributed by atoms with Crippen LogP contribution in [0.25, 0.3) is 0 Å². The lowest BCUT2D eigenvalue weighted by molar-refractivity contribution is 0.0911. The molecule has 0 aliphatic heterocycles. The molecule has 2 rings (SSSR count). The summed E-state index contributed by atoms with van der Waals surface area (Å²) in [7, 11) is 0. The van der Waals surface area contributed by atoms with Gasteiger partial charge in [-0.2, -0.15) is 0 Å². The molecule has 1 fully saturated rings. The van der Waals surface area contributed by atoms with Gasteiger partial charge in [0.25, 0.3) is 0 Å². The van der Waals surface area contributed by atoms with Gasteiger partial charge in [0.1, 0.15) is 11.9 Å². The molecule has 1 aromatic rings. The summed E-state index contributed by atoms with van der Waals surface area (Å²) < 4.78 is 7.13. The van der Waals surface area contributed by atoms with E-state index in [4.69, 9.17) is 10.5 Å². The zero-order valence-electron chi connectivity index (χ0n) is 10.3. The smallest absolute Gasteiger partial charge is 0.143 e. The lowest BCUT2D eigenvalue weighted by Crippen LogP contribution is -2.30. The van der Waals surface area contributed by atoms with E-state index in [-0.39, 0.29) is 0 Å². The van der Waals surface area contributed by atoms with Gasteiger partial charge in [0.15, 0.2) is 0 Å². The molecule has 1 aromatic carbocycles. The van der Waals surface area contributed by atoms with Gasteiger partial charge in [-0.25, -0.2) is 0 Å². The monoisotopic (exact) mass is 297 g/mol. The third kappa shape index (κ3) is 3.15. The molecule has 0 bridgehead atoms. The van der Waals surface area contributed by atoms with Crippen molar-refractivity contribution in [3.05, 3.63) is 22.7 Å². The molecule has 0 amide bonds.